The number of hydrazone groups is 1. The Hall–Kier alpha value is -3.67. The minimum Gasteiger partial charge on any atom is -0.465 e. The Balaban J connectivity index is 1.65. The highest BCUT2D eigenvalue weighted by molar-refractivity contribution is 5.96. The zero-order valence-corrected chi connectivity index (χ0v) is 16.6. The van der Waals surface area contributed by atoms with Gasteiger partial charge in [-0.05, 0) is 43.2 Å². The first-order valence-electron chi connectivity index (χ1n) is 9.13. The lowest BCUT2D eigenvalue weighted by Crippen LogP contribution is -2.20. The molecule has 0 saturated carbocycles. The SMILES string of the molecule is COC(=O)c1ccccc1-c1ccc(/C=N/NC(=O)Cc2ccc(C)cc2C)o1. The number of rotatable bonds is 6. The number of hydrogen-bond donors (Lipinski definition) is 1. The standard InChI is InChI=1S/C23H22N2O4/c1-15-8-9-17(16(2)12-15)13-22(26)25-24-14-18-10-11-21(29-18)19-6-4-5-7-20(19)23(27)28-3/h4-12,14H,13H2,1-3H3,(H,25,26)/b24-14+. The number of hydrogen-bond acceptors (Lipinski definition) is 5. The summed E-state index contributed by atoms with van der Waals surface area (Å²) in [4.78, 5) is 24.0. The third-order valence-corrected chi connectivity index (χ3v) is 4.45. The normalized spacial score (nSPS) is 10.9. The number of esters is 1. The van der Waals surface area contributed by atoms with Crippen LogP contribution in [0.2, 0.25) is 0 Å². The van der Waals surface area contributed by atoms with Crippen LogP contribution in [0, 0.1) is 13.8 Å². The fourth-order valence-electron chi connectivity index (χ4n) is 2.98. The molecule has 3 rings (SSSR count). The highest BCUT2D eigenvalue weighted by Gasteiger charge is 2.15. The summed E-state index contributed by atoms with van der Waals surface area (Å²) in [6, 6.07) is 16.4. The van der Waals surface area contributed by atoms with Crippen molar-refractivity contribution in [2.45, 2.75) is 20.3 Å². The molecule has 0 aliphatic carbocycles. The molecule has 148 valence electrons. The number of furan rings is 1. The summed E-state index contributed by atoms with van der Waals surface area (Å²) in [5.41, 5.74) is 6.73. The maximum atomic E-state index is 12.1. The number of amides is 1. The highest BCUT2D eigenvalue weighted by Crippen LogP contribution is 2.26. The van der Waals surface area contributed by atoms with Gasteiger partial charge in [0, 0.05) is 5.56 Å². The molecule has 2 aromatic carbocycles. The Kier molecular flexibility index (Phi) is 6.24. The van der Waals surface area contributed by atoms with Gasteiger partial charge < -0.3 is 9.15 Å². The van der Waals surface area contributed by atoms with Gasteiger partial charge in [-0.15, -0.1) is 0 Å². The number of carbonyl (C=O) groups excluding carboxylic acids is 2. The molecule has 0 spiro atoms. The Bertz CT molecular complexity index is 1070. The topological polar surface area (TPSA) is 80.9 Å². The van der Waals surface area contributed by atoms with Gasteiger partial charge >= 0.3 is 5.97 Å². The van der Waals surface area contributed by atoms with Crippen LogP contribution >= 0.6 is 0 Å². The lowest BCUT2D eigenvalue weighted by Gasteiger charge is -2.05. The van der Waals surface area contributed by atoms with Gasteiger partial charge in [0.25, 0.3) is 0 Å². The summed E-state index contributed by atoms with van der Waals surface area (Å²) in [5.74, 6) is 0.308. The molecule has 1 N–H and O–H groups in total. The molecule has 1 heterocycles. The molecule has 3 aromatic rings. The van der Waals surface area contributed by atoms with E-state index in [1.54, 1.807) is 30.3 Å². The van der Waals surface area contributed by atoms with Crippen molar-refractivity contribution in [3.05, 3.63) is 82.6 Å². The van der Waals surface area contributed by atoms with Crippen LogP contribution in [0.5, 0.6) is 0 Å². The van der Waals surface area contributed by atoms with Gasteiger partial charge in [-0.25, -0.2) is 10.2 Å². The molecule has 0 bridgehead atoms. The molecule has 0 fully saturated rings. The minimum atomic E-state index is -0.439. The Morgan fingerprint density at radius 3 is 2.66 bits per heavy atom. The summed E-state index contributed by atoms with van der Waals surface area (Å²) < 4.78 is 10.5. The Labute approximate surface area is 169 Å². The quantitative estimate of drug-likeness (QED) is 0.391. The molecular weight excluding hydrogens is 368 g/mol. The number of nitrogens with one attached hydrogen (secondary N) is 1. The number of benzene rings is 2. The Morgan fingerprint density at radius 2 is 1.90 bits per heavy atom. The first-order valence-corrected chi connectivity index (χ1v) is 9.13. The lowest BCUT2D eigenvalue weighted by molar-refractivity contribution is -0.120. The third-order valence-electron chi connectivity index (χ3n) is 4.45. The van der Waals surface area contributed by atoms with E-state index in [0.717, 1.165) is 16.7 Å². The average Bonchev–Trinajstić information content (AvgIpc) is 3.18. The largest absolute Gasteiger partial charge is 0.465 e. The van der Waals surface area contributed by atoms with Crippen molar-refractivity contribution < 1.29 is 18.7 Å². The maximum Gasteiger partial charge on any atom is 0.338 e. The number of aryl methyl sites for hydroxylation is 2. The van der Waals surface area contributed by atoms with Crippen molar-refractivity contribution in [3.63, 3.8) is 0 Å². The summed E-state index contributed by atoms with van der Waals surface area (Å²) in [5, 5.41) is 3.96. The molecule has 0 radical (unpaired) electrons. The van der Waals surface area contributed by atoms with E-state index < -0.39 is 5.97 Å². The van der Waals surface area contributed by atoms with Gasteiger partial charge in [0.15, 0.2) is 0 Å². The van der Waals surface area contributed by atoms with Crippen molar-refractivity contribution in [1.29, 1.82) is 0 Å². The number of methoxy groups -OCH3 is 1. The predicted octanol–water partition coefficient (Wildman–Crippen LogP) is 4.04. The van der Waals surface area contributed by atoms with Gasteiger partial charge in [-0.3, -0.25) is 4.79 Å². The van der Waals surface area contributed by atoms with Crippen molar-refractivity contribution in [2.24, 2.45) is 5.10 Å². The summed E-state index contributed by atoms with van der Waals surface area (Å²) >= 11 is 0. The van der Waals surface area contributed by atoms with Crippen molar-refractivity contribution >= 4 is 18.1 Å². The third kappa shape index (κ3) is 4.99. The van der Waals surface area contributed by atoms with E-state index in [1.165, 1.54) is 13.3 Å². The number of nitrogens with zero attached hydrogens (tertiary/aromatic N) is 1. The minimum absolute atomic E-state index is 0.212. The van der Waals surface area contributed by atoms with Crippen LogP contribution in [0.3, 0.4) is 0 Å². The summed E-state index contributed by atoms with van der Waals surface area (Å²) in [6.07, 6.45) is 1.67. The molecule has 0 saturated heterocycles. The van der Waals surface area contributed by atoms with Crippen LogP contribution in [0.25, 0.3) is 11.3 Å². The molecule has 0 aliphatic rings. The molecule has 1 aromatic heterocycles. The van der Waals surface area contributed by atoms with E-state index in [1.807, 2.05) is 38.1 Å². The average molecular weight is 390 g/mol. The first-order chi connectivity index (χ1) is 14.0. The number of ether oxygens (including phenoxy) is 1. The van der Waals surface area contributed by atoms with Gasteiger partial charge in [-0.2, -0.15) is 5.10 Å². The smallest absolute Gasteiger partial charge is 0.338 e. The monoisotopic (exact) mass is 390 g/mol. The van der Waals surface area contributed by atoms with Gasteiger partial charge in [-0.1, -0.05) is 42.0 Å². The van der Waals surface area contributed by atoms with Gasteiger partial charge in [0.1, 0.15) is 11.5 Å². The maximum absolute atomic E-state index is 12.1. The van der Waals surface area contributed by atoms with Crippen LogP contribution < -0.4 is 5.43 Å². The zero-order valence-electron chi connectivity index (χ0n) is 16.6. The second kappa shape index (κ2) is 9.01. The summed E-state index contributed by atoms with van der Waals surface area (Å²) in [7, 11) is 1.33. The van der Waals surface area contributed by atoms with E-state index in [4.69, 9.17) is 9.15 Å². The van der Waals surface area contributed by atoms with E-state index >= 15 is 0 Å². The van der Waals surface area contributed by atoms with E-state index in [0.29, 0.717) is 22.6 Å². The highest BCUT2D eigenvalue weighted by atomic mass is 16.5. The second-order valence-corrected chi connectivity index (χ2v) is 6.64. The van der Waals surface area contributed by atoms with Crippen LogP contribution in [-0.4, -0.2) is 25.2 Å². The van der Waals surface area contributed by atoms with Gasteiger partial charge in [0.2, 0.25) is 5.91 Å². The van der Waals surface area contributed by atoms with E-state index in [2.05, 4.69) is 10.5 Å². The molecule has 6 heteroatoms. The second-order valence-electron chi connectivity index (χ2n) is 6.64. The number of carbonyl (C=O) groups is 2. The predicted molar refractivity (Wildman–Crippen MR) is 111 cm³/mol. The van der Waals surface area contributed by atoms with Crippen molar-refractivity contribution in [2.75, 3.05) is 7.11 Å². The van der Waals surface area contributed by atoms with Crippen molar-refractivity contribution in [1.82, 2.24) is 5.43 Å². The lowest BCUT2D eigenvalue weighted by atomic mass is 10.0. The molecule has 6 nitrogen and oxygen atoms in total. The molecular formula is C23H22N2O4. The molecule has 0 aliphatic heterocycles. The fraction of sp³-hybridized carbons (Fsp3) is 0.174. The molecule has 1 amide bonds. The van der Waals surface area contributed by atoms with Crippen LogP contribution in [0.1, 0.15) is 32.8 Å². The zero-order chi connectivity index (χ0) is 20.8. The summed E-state index contributed by atoms with van der Waals surface area (Å²) in [6.45, 7) is 4.00. The van der Waals surface area contributed by atoms with Crippen LogP contribution in [0.4, 0.5) is 0 Å². The van der Waals surface area contributed by atoms with Gasteiger partial charge in [0.05, 0.1) is 25.3 Å². The molecule has 0 unspecified atom stereocenters. The first kappa shape index (κ1) is 20.1. The Morgan fingerprint density at radius 1 is 1.10 bits per heavy atom. The molecule has 29 heavy (non-hydrogen) atoms. The van der Waals surface area contributed by atoms with Crippen LogP contribution in [0.15, 0.2) is 64.1 Å². The van der Waals surface area contributed by atoms with E-state index in [-0.39, 0.29) is 12.3 Å². The van der Waals surface area contributed by atoms with E-state index in [9.17, 15) is 9.59 Å². The van der Waals surface area contributed by atoms with Crippen molar-refractivity contribution in [3.8, 4) is 11.3 Å². The fourth-order valence-corrected chi connectivity index (χ4v) is 2.98. The molecule has 0 atom stereocenters. The van der Waals surface area contributed by atoms with Crippen LogP contribution in [-0.2, 0) is 16.0 Å².